The van der Waals surface area contributed by atoms with E-state index in [1.165, 1.54) is 5.56 Å². The summed E-state index contributed by atoms with van der Waals surface area (Å²) in [5.74, 6) is -0.339. The summed E-state index contributed by atoms with van der Waals surface area (Å²) in [7, 11) is 1.72. The van der Waals surface area contributed by atoms with Crippen LogP contribution in [0.15, 0.2) is 55.0 Å². The minimum atomic E-state index is -0.422. The number of aryl methyl sites for hydroxylation is 1. The maximum absolute atomic E-state index is 12.6. The van der Waals surface area contributed by atoms with Gasteiger partial charge >= 0.3 is 0 Å². The molecule has 0 bridgehead atoms. The fourth-order valence-corrected chi connectivity index (χ4v) is 3.06. The smallest absolute Gasteiger partial charge is 0.278 e. The normalized spacial score (nSPS) is 10.4. The highest BCUT2D eigenvalue weighted by molar-refractivity contribution is 6.05. The van der Waals surface area contributed by atoms with Gasteiger partial charge in [0.05, 0.1) is 23.8 Å². The highest BCUT2D eigenvalue weighted by atomic mass is 35.5. The van der Waals surface area contributed by atoms with Crippen LogP contribution in [0.4, 0.5) is 11.5 Å². The lowest BCUT2D eigenvalue weighted by Crippen LogP contribution is -2.18. The Hall–Kier alpha value is -3.07. The first-order valence-corrected chi connectivity index (χ1v) is 10.3. The van der Waals surface area contributed by atoms with Crippen LogP contribution in [-0.4, -0.2) is 47.7 Å². The van der Waals surface area contributed by atoms with Crippen molar-refractivity contribution in [2.24, 2.45) is 0 Å². The van der Waals surface area contributed by atoms with Crippen LogP contribution in [-0.2, 0) is 11.2 Å². The maximum atomic E-state index is 12.6. The van der Waals surface area contributed by atoms with Crippen molar-refractivity contribution in [3.63, 3.8) is 0 Å². The zero-order valence-electron chi connectivity index (χ0n) is 18.1. The Bertz CT molecular complexity index is 970. The largest absolute Gasteiger partial charge is 0.385 e. The summed E-state index contributed by atoms with van der Waals surface area (Å²) in [5, 5.41) is 6.15. The van der Waals surface area contributed by atoms with E-state index in [9.17, 15) is 4.79 Å². The van der Waals surface area contributed by atoms with E-state index in [0.29, 0.717) is 11.4 Å². The minimum absolute atomic E-state index is 0. The van der Waals surface area contributed by atoms with Gasteiger partial charge in [0.25, 0.3) is 5.91 Å². The second-order valence-corrected chi connectivity index (χ2v) is 7.08. The molecule has 2 heterocycles. The summed E-state index contributed by atoms with van der Waals surface area (Å²) in [5.41, 5.74) is 9.27. The van der Waals surface area contributed by atoms with Crippen molar-refractivity contribution in [3.05, 3.63) is 66.2 Å². The molecule has 0 atom stereocenters. The van der Waals surface area contributed by atoms with E-state index in [2.05, 4.69) is 37.7 Å². The molecular weight excluding hydrogens is 428 g/mol. The van der Waals surface area contributed by atoms with E-state index < -0.39 is 5.91 Å². The molecule has 8 nitrogen and oxygen atoms in total. The van der Waals surface area contributed by atoms with E-state index in [4.69, 9.17) is 10.5 Å². The summed E-state index contributed by atoms with van der Waals surface area (Å²) >= 11 is 0. The summed E-state index contributed by atoms with van der Waals surface area (Å²) in [6, 6.07) is 11.6. The Morgan fingerprint density at radius 2 is 1.88 bits per heavy atom. The molecule has 0 aliphatic heterocycles. The molecule has 0 spiro atoms. The highest BCUT2D eigenvalue weighted by Gasteiger charge is 2.15. The van der Waals surface area contributed by atoms with E-state index in [1.54, 1.807) is 37.8 Å². The van der Waals surface area contributed by atoms with Crippen molar-refractivity contribution in [3.8, 4) is 11.3 Å². The summed E-state index contributed by atoms with van der Waals surface area (Å²) in [6.07, 6.45) is 7.84. The molecule has 170 valence electrons. The lowest BCUT2D eigenvalue weighted by Gasteiger charge is -2.09. The number of benzene rings is 1. The lowest BCUT2D eigenvalue weighted by atomic mass is 10.1. The molecule has 32 heavy (non-hydrogen) atoms. The predicted octanol–water partition coefficient (Wildman–Crippen LogP) is 3.35. The second-order valence-electron chi connectivity index (χ2n) is 7.08. The first-order chi connectivity index (χ1) is 15.2. The predicted molar refractivity (Wildman–Crippen MR) is 129 cm³/mol. The van der Waals surface area contributed by atoms with Crippen LogP contribution in [0.1, 0.15) is 28.9 Å². The van der Waals surface area contributed by atoms with Crippen molar-refractivity contribution in [1.82, 2.24) is 20.3 Å². The lowest BCUT2D eigenvalue weighted by molar-refractivity contribution is 0.102. The Balaban J connectivity index is 0.00000363. The number of nitrogens with one attached hydrogen (secondary N) is 2. The molecule has 0 fully saturated rings. The van der Waals surface area contributed by atoms with Crippen LogP contribution in [0.2, 0.25) is 0 Å². The fourth-order valence-electron chi connectivity index (χ4n) is 3.06. The van der Waals surface area contributed by atoms with Crippen molar-refractivity contribution in [2.75, 3.05) is 37.9 Å². The molecule has 2 aromatic heterocycles. The molecule has 0 unspecified atom stereocenters. The number of rotatable bonds is 11. The maximum Gasteiger partial charge on any atom is 0.278 e. The number of amides is 1. The average Bonchev–Trinajstić information content (AvgIpc) is 2.80. The van der Waals surface area contributed by atoms with Crippen LogP contribution in [0.3, 0.4) is 0 Å². The molecule has 1 aromatic carbocycles. The number of anilines is 2. The standard InChI is InChI=1S/C23H28N6O2.ClH/c1-31-14-4-13-25-11-2-5-17-7-9-18(10-8-17)20-16-27-22(24)21(29-20)23(30)28-19-6-3-12-26-15-19;/h3,6-10,12,15-16,25H,2,4-5,11,13-14H2,1H3,(H2,24,27)(H,28,30);1H. The molecule has 3 rings (SSSR count). The highest BCUT2D eigenvalue weighted by Crippen LogP contribution is 2.20. The molecule has 0 aliphatic carbocycles. The molecule has 3 aromatic rings. The number of hydrogen-bond donors (Lipinski definition) is 3. The summed E-state index contributed by atoms with van der Waals surface area (Å²) in [6.45, 7) is 2.74. The number of carbonyl (C=O) groups is 1. The van der Waals surface area contributed by atoms with Crippen molar-refractivity contribution in [2.45, 2.75) is 19.3 Å². The van der Waals surface area contributed by atoms with Gasteiger partial charge in [0.15, 0.2) is 11.5 Å². The Kier molecular flexibility index (Phi) is 10.5. The molecule has 0 aliphatic rings. The zero-order valence-corrected chi connectivity index (χ0v) is 18.9. The van der Waals surface area contributed by atoms with Crippen LogP contribution in [0.25, 0.3) is 11.3 Å². The zero-order chi connectivity index (χ0) is 21.9. The summed E-state index contributed by atoms with van der Waals surface area (Å²) in [4.78, 5) is 25.1. The monoisotopic (exact) mass is 456 g/mol. The van der Waals surface area contributed by atoms with Gasteiger partial charge in [0.2, 0.25) is 0 Å². The van der Waals surface area contributed by atoms with Crippen molar-refractivity contribution >= 4 is 29.8 Å². The molecule has 9 heteroatoms. The number of methoxy groups -OCH3 is 1. The molecule has 4 N–H and O–H groups in total. The first kappa shape index (κ1) is 25.2. The summed E-state index contributed by atoms with van der Waals surface area (Å²) < 4.78 is 5.04. The molecular formula is C23H29ClN6O2. The van der Waals surface area contributed by atoms with Gasteiger partial charge in [-0.05, 0) is 50.0 Å². The van der Waals surface area contributed by atoms with Gasteiger partial charge < -0.3 is 21.1 Å². The van der Waals surface area contributed by atoms with Gasteiger partial charge in [0.1, 0.15) is 0 Å². The Labute approximate surface area is 194 Å². The number of halogens is 1. The molecule has 0 saturated heterocycles. The van der Waals surface area contributed by atoms with Gasteiger partial charge in [-0.3, -0.25) is 9.78 Å². The van der Waals surface area contributed by atoms with Gasteiger partial charge in [-0.1, -0.05) is 24.3 Å². The Morgan fingerprint density at radius 1 is 1.09 bits per heavy atom. The van der Waals surface area contributed by atoms with E-state index >= 15 is 0 Å². The number of hydrogen-bond acceptors (Lipinski definition) is 7. The fraction of sp³-hybridized carbons (Fsp3) is 0.304. The van der Waals surface area contributed by atoms with E-state index in [0.717, 1.165) is 44.5 Å². The second kappa shape index (κ2) is 13.4. The van der Waals surface area contributed by atoms with Crippen LogP contribution in [0, 0.1) is 0 Å². The number of pyridine rings is 1. The average molecular weight is 457 g/mol. The first-order valence-electron chi connectivity index (χ1n) is 10.3. The van der Waals surface area contributed by atoms with Gasteiger partial charge in [-0.2, -0.15) is 0 Å². The molecule has 0 radical (unpaired) electrons. The minimum Gasteiger partial charge on any atom is -0.385 e. The topological polar surface area (TPSA) is 115 Å². The van der Waals surface area contributed by atoms with Gasteiger partial charge in [0, 0.05) is 25.5 Å². The van der Waals surface area contributed by atoms with E-state index in [-0.39, 0.29) is 23.9 Å². The van der Waals surface area contributed by atoms with Crippen molar-refractivity contribution < 1.29 is 9.53 Å². The quantitative estimate of drug-likeness (QED) is 0.379. The third-order valence-electron chi connectivity index (χ3n) is 4.71. The SMILES string of the molecule is COCCCNCCCc1ccc(-c2cnc(N)c(C(=O)Nc3cccnc3)n2)cc1.Cl. The number of nitrogens with two attached hydrogens (primary N) is 1. The van der Waals surface area contributed by atoms with Gasteiger partial charge in [-0.15, -0.1) is 12.4 Å². The number of aromatic nitrogens is 3. The van der Waals surface area contributed by atoms with Gasteiger partial charge in [-0.25, -0.2) is 9.97 Å². The van der Waals surface area contributed by atoms with Crippen molar-refractivity contribution in [1.29, 1.82) is 0 Å². The number of carbonyl (C=O) groups excluding carboxylic acids is 1. The number of ether oxygens (including phenoxy) is 1. The van der Waals surface area contributed by atoms with E-state index in [1.807, 2.05) is 12.1 Å². The number of nitrogen functional groups attached to an aromatic ring is 1. The third kappa shape index (κ3) is 7.56. The molecule has 0 saturated carbocycles. The van der Waals surface area contributed by atoms with Crippen LogP contribution >= 0.6 is 12.4 Å². The number of nitrogens with zero attached hydrogens (tertiary/aromatic N) is 3. The Morgan fingerprint density at radius 3 is 2.59 bits per heavy atom. The molecule has 1 amide bonds. The van der Waals surface area contributed by atoms with Crippen LogP contribution < -0.4 is 16.4 Å². The van der Waals surface area contributed by atoms with Crippen LogP contribution in [0.5, 0.6) is 0 Å². The third-order valence-corrected chi connectivity index (χ3v) is 4.71.